The Labute approximate surface area is 140 Å². The minimum Gasteiger partial charge on any atom is -0.334 e. The first-order valence-electron chi connectivity index (χ1n) is 8.24. The summed E-state index contributed by atoms with van der Waals surface area (Å²) in [4.78, 5) is 16.6. The van der Waals surface area contributed by atoms with Crippen LogP contribution in [0.1, 0.15) is 29.2 Å². The highest BCUT2D eigenvalue weighted by Gasteiger charge is 2.41. The molecule has 2 aromatic heterocycles. The van der Waals surface area contributed by atoms with Crippen LogP contribution in [-0.2, 0) is 18.4 Å². The van der Waals surface area contributed by atoms with Crippen LogP contribution in [0.4, 0.5) is 0 Å². The lowest BCUT2D eigenvalue weighted by Gasteiger charge is -2.27. The van der Waals surface area contributed by atoms with E-state index in [-0.39, 0.29) is 11.8 Å². The molecule has 3 heterocycles. The molecule has 1 N–H and O–H groups in total. The molecule has 2 aliphatic rings. The minimum absolute atomic E-state index is 0.0276. The van der Waals surface area contributed by atoms with Gasteiger partial charge in [0.05, 0.1) is 18.7 Å². The van der Waals surface area contributed by atoms with Gasteiger partial charge in [0.2, 0.25) is 5.91 Å². The van der Waals surface area contributed by atoms with Gasteiger partial charge in [0.1, 0.15) is 0 Å². The SMILES string of the molecule is Cn1cc([C@H]2CNC[C@@H]2C(=O)N(Cc2cccs2)C2CC2)cn1. The Morgan fingerprint density at radius 3 is 3.00 bits per heavy atom. The number of carbonyl (C=O) groups is 1. The van der Waals surface area contributed by atoms with Gasteiger partial charge in [0.25, 0.3) is 0 Å². The van der Waals surface area contributed by atoms with Crippen molar-refractivity contribution in [2.75, 3.05) is 13.1 Å². The Bertz CT molecular complexity index is 677. The number of thiophene rings is 1. The number of hydrogen-bond acceptors (Lipinski definition) is 4. The lowest BCUT2D eigenvalue weighted by molar-refractivity contribution is -0.136. The summed E-state index contributed by atoms with van der Waals surface area (Å²) in [7, 11) is 1.93. The summed E-state index contributed by atoms with van der Waals surface area (Å²) in [6.45, 7) is 2.39. The van der Waals surface area contributed by atoms with Gasteiger partial charge in [-0.05, 0) is 29.9 Å². The Balaban J connectivity index is 1.53. The molecule has 1 aliphatic heterocycles. The number of rotatable bonds is 5. The van der Waals surface area contributed by atoms with Crippen molar-refractivity contribution in [3.63, 3.8) is 0 Å². The molecule has 1 saturated carbocycles. The molecule has 6 heteroatoms. The van der Waals surface area contributed by atoms with Gasteiger partial charge in [-0.2, -0.15) is 5.10 Å². The van der Waals surface area contributed by atoms with E-state index in [0.717, 1.165) is 32.5 Å². The number of hydrogen-bond donors (Lipinski definition) is 1. The monoisotopic (exact) mass is 330 g/mol. The summed E-state index contributed by atoms with van der Waals surface area (Å²) in [5.41, 5.74) is 1.17. The highest BCUT2D eigenvalue weighted by molar-refractivity contribution is 7.09. The van der Waals surface area contributed by atoms with Crippen molar-refractivity contribution >= 4 is 17.2 Å². The largest absolute Gasteiger partial charge is 0.334 e. The third kappa shape index (κ3) is 3.05. The molecule has 2 aromatic rings. The summed E-state index contributed by atoms with van der Waals surface area (Å²) >= 11 is 1.73. The molecule has 0 spiro atoms. The fourth-order valence-electron chi connectivity index (χ4n) is 3.48. The molecular weight excluding hydrogens is 308 g/mol. The molecule has 0 unspecified atom stereocenters. The zero-order valence-corrected chi connectivity index (χ0v) is 14.1. The van der Waals surface area contributed by atoms with E-state index in [1.165, 1.54) is 10.4 Å². The number of nitrogens with one attached hydrogen (secondary N) is 1. The molecule has 4 rings (SSSR count). The van der Waals surface area contributed by atoms with Crippen LogP contribution in [-0.4, -0.2) is 39.7 Å². The van der Waals surface area contributed by atoms with Crippen LogP contribution >= 0.6 is 11.3 Å². The van der Waals surface area contributed by atoms with Gasteiger partial charge < -0.3 is 10.2 Å². The average molecular weight is 330 g/mol. The number of carbonyl (C=O) groups excluding carboxylic acids is 1. The summed E-state index contributed by atoms with van der Waals surface area (Å²) in [5, 5.41) is 9.76. The second-order valence-electron chi connectivity index (χ2n) is 6.60. The molecule has 0 bridgehead atoms. The maximum atomic E-state index is 13.2. The first kappa shape index (κ1) is 14.9. The third-order valence-corrected chi connectivity index (χ3v) is 5.72. The predicted molar refractivity (Wildman–Crippen MR) is 90.2 cm³/mol. The highest BCUT2D eigenvalue weighted by atomic mass is 32.1. The van der Waals surface area contributed by atoms with Gasteiger partial charge in [0.15, 0.2) is 0 Å². The fourth-order valence-corrected chi connectivity index (χ4v) is 4.18. The van der Waals surface area contributed by atoms with Gasteiger partial charge in [-0.1, -0.05) is 6.07 Å². The van der Waals surface area contributed by atoms with Crippen molar-refractivity contribution in [3.8, 4) is 0 Å². The molecule has 1 aliphatic carbocycles. The summed E-state index contributed by atoms with van der Waals surface area (Å²) in [5.74, 6) is 0.570. The van der Waals surface area contributed by atoms with Gasteiger partial charge in [0, 0.05) is 43.2 Å². The van der Waals surface area contributed by atoms with Crippen molar-refractivity contribution in [1.29, 1.82) is 0 Å². The van der Waals surface area contributed by atoms with Gasteiger partial charge in [-0.25, -0.2) is 0 Å². The lowest BCUT2D eigenvalue weighted by atomic mass is 9.89. The van der Waals surface area contributed by atoms with E-state index >= 15 is 0 Å². The van der Waals surface area contributed by atoms with Crippen LogP contribution < -0.4 is 5.32 Å². The van der Waals surface area contributed by atoms with Crippen LogP contribution in [0.3, 0.4) is 0 Å². The number of aromatic nitrogens is 2. The molecule has 0 aromatic carbocycles. The normalized spacial score (nSPS) is 24.0. The zero-order chi connectivity index (χ0) is 15.8. The van der Waals surface area contributed by atoms with Crippen molar-refractivity contribution in [2.24, 2.45) is 13.0 Å². The molecule has 23 heavy (non-hydrogen) atoms. The summed E-state index contributed by atoms with van der Waals surface area (Å²) < 4.78 is 1.82. The molecular formula is C17H22N4OS. The van der Waals surface area contributed by atoms with E-state index in [9.17, 15) is 4.79 Å². The van der Waals surface area contributed by atoms with Gasteiger partial charge >= 0.3 is 0 Å². The van der Waals surface area contributed by atoms with E-state index < -0.39 is 0 Å². The highest BCUT2D eigenvalue weighted by Crippen LogP contribution is 2.35. The quantitative estimate of drug-likeness (QED) is 0.912. The smallest absolute Gasteiger partial charge is 0.228 e. The van der Waals surface area contributed by atoms with E-state index in [1.54, 1.807) is 11.3 Å². The standard InChI is InChI=1S/C17H22N4OS/c1-20-10-12(7-19-20)15-8-18-9-16(15)17(22)21(13-4-5-13)11-14-3-2-6-23-14/h2-3,6-7,10,13,15-16,18H,4-5,8-9,11H2,1H3/t15-,16+/m1/s1. The van der Waals surface area contributed by atoms with Crippen LogP contribution in [0.2, 0.25) is 0 Å². The second kappa shape index (κ2) is 6.09. The Morgan fingerprint density at radius 2 is 2.35 bits per heavy atom. The first-order valence-corrected chi connectivity index (χ1v) is 9.12. The van der Waals surface area contributed by atoms with E-state index in [1.807, 2.05) is 24.1 Å². The van der Waals surface area contributed by atoms with Crippen LogP contribution in [0.15, 0.2) is 29.9 Å². The van der Waals surface area contributed by atoms with Crippen LogP contribution in [0.25, 0.3) is 0 Å². The molecule has 2 atom stereocenters. The Morgan fingerprint density at radius 1 is 1.48 bits per heavy atom. The topological polar surface area (TPSA) is 50.2 Å². The van der Waals surface area contributed by atoms with Crippen molar-refractivity contribution in [2.45, 2.75) is 31.3 Å². The first-order chi connectivity index (χ1) is 11.2. The molecule has 1 amide bonds. The van der Waals surface area contributed by atoms with E-state index in [4.69, 9.17) is 0 Å². The molecule has 5 nitrogen and oxygen atoms in total. The van der Waals surface area contributed by atoms with E-state index in [0.29, 0.717) is 11.9 Å². The molecule has 1 saturated heterocycles. The van der Waals surface area contributed by atoms with Crippen molar-refractivity contribution in [3.05, 3.63) is 40.3 Å². The Kier molecular flexibility index (Phi) is 3.95. The maximum absolute atomic E-state index is 13.2. The van der Waals surface area contributed by atoms with Gasteiger partial charge in [-0.3, -0.25) is 9.48 Å². The van der Waals surface area contributed by atoms with Crippen LogP contribution in [0, 0.1) is 5.92 Å². The fraction of sp³-hybridized carbons (Fsp3) is 0.529. The molecule has 0 radical (unpaired) electrons. The number of aryl methyl sites for hydroxylation is 1. The third-order valence-electron chi connectivity index (χ3n) is 4.86. The molecule has 122 valence electrons. The average Bonchev–Trinajstić information content (AvgIpc) is 2.98. The number of nitrogens with zero attached hydrogens (tertiary/aromatic N) is 3. The summed E-state index contributed by atoms with van der Waals surface area (Å²) in [6, 6.07) is 4.63. The molecule has 2 fully saturated rings. The summed E-state index contributed by atoms with van der Waals surface area (Å²) in [6.07, 6.45) is 6.24. The van der Waals surface area contributed by atoms with Crippen molar-refractivity contribution in [1.82, 2.24) is 20.0 Å². The zero-order valence-electron chi connectivity index (χ0n) is 13.3. The minimum atomic E-state index is 0.0276. The second-order valence-corrected chi connectivity index (χ2v) is 7.63. The van der Waals surface area contributed by atoms with Crippen LogP contribution in [0.5, 0.6) is 0 Å². The predicted octanol–water partition coefficient (Wildman–Crippen LogP) is 1.98. The Hall–Kier alpha value is -1.66. The van der Waals surface area contributed by atoms with Crippen molar-refractivity contribution < 1.29 is 4.79 Å². The van der Waals surface area contributed by atoms with E-state index in [2.05, 4.69) is 32.8 Å². The lowest BCUT2D eigenvalue weighted by Crippen LogP contribution is -2.39. The van der Waals surface area contributed by atoms with Gasteiger partial charge in [-0.15, -0.1) is 11.3 Å². The number of amides is 1. The maximum Gasteiger partial charge on any atom is 0.228 e.